The lowest BCUT2D eigenvalue weighted by molar-refractivity contribution is 0.00640. The molecule has 2 aliphatic heterocycles. The fourth-order valence-corrected chi connectivity index (χ4v) is 3.93. The minimum absolute atomic E-state index is 0.115. The molecule has 4 heteroatoms. The molecule has 106 valence electrons. The average Bonchev–Trinajstić information content (AvgIpc) is 3.03. The predicted octanol–water partition coefficient (Wildman–Crippen LogP) is 4.90. The first-order chi connectivity index (χ1) is 10.3. The standard InChI is InChI=1S/C17H13ClO2S/c1-21-16-14-12-9-11(18)7-8-13(12)19-17(14)20-15(16)10-5-3-2-4-6-10/h2-9,14,17H,1H3. The zero-order valence-electron chi connectivity index (χ0n) is 11.4. The van der Waals surface area contributed by atoms with Gasteiger partial charge < -0.3 is 9.47 Å². The van der Waals surface area contributed by atoms with E-state index in [1.165, 1.54) is 4.91 Å². The zero-order chi connectivity index (χ0) is 14.4. The van der Waals surface area contributed by atoms with Crippen molar-refractivity contribution in [2.24, 2.45) is 0 Å². The summed E-state index contributed by atoms with van der Waals surface area (Å²) < 4.78 is 12.0. The van der Waals surface area contributed by atoms with Gasteiger partial charge in [0.25, 0.3) is 6.29 Å². The highest BCUT2D eigenvalue weighted by Gasteiger charge is 2.45. The Kier molecular flexibility index (Phi) is 3.12. The van der Waals surface area contributed by atoms with Crippen LogP contribution in [0.1, 0.15) is 17.0 Å². The van der Waals surface area contributed by atoms with Gasteiger partial charge in [0.2, 0.25) is 0 Å². The quantitative estimate of drug-likeness (QED) is 0.784. The molecule has 0 saturated heterocycles. The van der Waals surface area contributed by atoms with Gasteiger partial charge in [0.15, 0.2) is 0 Å². The molecule has 0 N–H and O–H groups in total. The minimum atomic E-state index is -0.281. The first-order valence-corrected chi connectivity index (χ1v) is 8.34. The number of hydrogen-bond acceptors (Lipinski definition) is 3. The molecule has 0 aliphatic carbocycles. The summed E-state index contributed by atoms with van der Waals surface area (Å²) in [5, 5.41) is 0.728. The van der Waals surface area contributed by atoms with E-state index >= 15 is 0 Å². The van der Waals surface area contributed by atoms with Gasteiger partial charge >= 0.3 is 0 Å². The highest BCUT2D eigenvalue weighted by Crippen LogP contribution is 2.54. The Morgan fingerprint density at radius 3 is 2.62 bits per heavy atom. The summed E-state index contributed by atoms with van der Waals surface area (Å²) >= 11 is 7.85. The summed E-state index contributed by atoms with van der Waals surface area (Å²) in [6.07, 6.45) is 1.79. The Morgan fingerprint density at radius 2 is 1.86 bits per heavy atom. The maximum atomic E-state index is 6.14. The minimum Gasteiger partial charge on any atom is -0.454 e. The van der Waals surface area contributed by atoms with Gasteiger partial charge in [-0.2, -0.15) is 0 Å². The molecule has 0 aromatic heterocycles. The number of hydrogen-bond donors (Lipinski definition) is 0. The summed E-state index contributed by atoms with van der Waals surface area (Å²) in [6.45, 7) is 0. The summed E-state index contributed by atoms with van der Waals surface area (Å²) in [7, 11) is 0. The molecule has 0 fully saturated rings. The van der Waals surface area contributed by atoms with Crippen molar-refractivity contribution in [3.8, 4) is 5.75 Å². The zero-order valence-corrected chi connectivity index (χ0v) is 12.9. The second-order valence-electron chi connectivity index (χ2n) is 5.03. The van der Waals surface area contributed by atoms with E-state index in [0.717, 1.165) is 27.7 Å². The van der Waals surface area contributed by atoms with E-state index in [9.17, 15) is 0 Å². The van der Waals surface area contributed by atoms with Crippen molar-refractivity contribution >= 4 is 29.1 Å². The Balaban J connectivity index is 1.83. The average molecular weight is 317 g/mol. The smallest absolute Gasteiger partial charge is 0.252 e. The van der Waals surface area contributed by atoms with Gasteiger partial charge in [0, 0.05) is 21.1 Å². The maximum Gasteiger partial charge on any atom is 0.252 e. The molecule has 2 unspecified atom stereocenters. The molecular formula is C17H13ClO2S. The second-order valence-corrected chi connectivity index (χ2v) is 6.31. The molecule has 0 bridgehead atoms. The van der Waals surface area contributed by atoms with Gasteiger partial charge in [-0.05, 0) is 24.5 Å². The maximum absolute atomic E-state index is 6.14. The normalized spacial score (nSPS) is 22.6. The van der Waals surface area contributed by atoms with Crippen LogP contribution < -0.4 is 4.74 Å². The number of rotatable bonds is 2. The lowest BCUT2D eigenvalue weighted by Gasteiger charge is -2.11. The second kappa shape index (κ2) is 5.00. The van der Waals surface area contributed by atoms with Crippen LogP contribution >= 0.6 is 23.4 Å². The Labute approximate surface area is 132 Å². The number of ether oxygens (including phenoxy) is 2. The van der Waals surface area contributed by atoms with Crippen molar-refractivity contribution in [1.82, 2.24) is 0 Å². The highest BCUT2D eigenvalue weighted by molar-refractivity contribution is 8.02. The van der Waals surface area contributed by atoms with Crippen LogP contribution in [0, 0.1) is 0 Å². The highest BCUT2D eigenvalue weighted by atomic mass is 35.5. The van der Waals surface area contributed by atoms with E-state index in [1.807, 2.05) is 36.4 Å². The Morgan fingerprint density at radius 1 is 1.05 bits per heavy atom. The van der Waals surface area contributed by atoms with Crippen LogP contribution in [0.15, 0.2) is 53.4 Å². The van der Waals surface area contributed by atoms with Crippen LogP contribution in [-0.4, -0.2) is 12.5 Å². The molecule has 0 radical (unpaired) electrons. The van der Waals surface area contributed by atoms with E-state index in [0.29, 0.717) is 0 Å². The molecule has 2 aromatic rings. The molecule has 0 amide bonds. The van der Waals surface area contributed by atoms with Gasteiger partial charge in [-0.15, -0.1) is 11.8 Å². The molecule has 2 atom stereocenters. The van der Waals surface area contributed by atoms with Crippen LogP contribution in [0.2, 0.25) is 5.02 Å². The summed E-state index contributed by atoms with van der Waals surface area (Å²) in [5.41, 5.74) is 2.20. The number of halogens is 1. The number of benzene rings is 2. The van der Waals surface area contributed by atoms with Gasteiger partial charge in [0.1, 0.15) is 11.5 Å². The lowest BCUT2D eigenvalue weighted by Crippen LogP contribution is -2.15. The topological polar surface area (TPSA) is 18.5 Å². The van der Waals surface area contributed by atoms with E-state index in [2.05, 4.69) is 18.4 Å². The third-order valence-electron chi connectivity index (χ3n) is 3.82. The molecule has 21 heavy (non-hydrogen) atoms. The van der Waals surface area contributed by atoms with E-state index in [1.54, 1.807) is 11.8 Å². The van der Waals surface area contributed by atoms with Crippen molar-refractivity contribution < 1.29 is 9.47 Å². The van der Waals surface area contributed by atoms with Crippen molar-refractivity contribution in [1.29, 1.82) is 0 Å². The molecule has 0 saturated carbocycles. The molecule has 2 aliphatic rings. The summed E-state index contributed by atoms with van der Waals surface area (Å²) in [6, 6.07) is 15.9. The third-order valence-corrected chi connectivity index (χ3v) is 4.93. The molecule has 0 spiro atoms. The van der Waals surface area contributed by atoms with E-state index in [-0.39, 0.29) is 12.2 Å². The third kappa shape index (κ3) is 2.03. The molecule has 2 nitrogen and oxygen atoms in total. The lowest BCUT2D eigenvalue weighted by atomic mass is 9.99. The molecule has 2 aromatic carbocycles. The van der Waals surface area contributed by atoms with Crippen molar-refractivity contribution in [3.63, 3.8) is 0 Å². The van der Waals surface area contributed by atoms with Crippen LogP contribution in [-0.2, 0) is 4.74 Å². The van der Waals surface area contributed by atoms with Crippen LogP contribution in [0.3, 0.4) is 0 Å². The van der Waals surface area contributed by atoms with Gasteiger partial charge in [-0.1, -0.05) is 41.9 Å². The number of fused-ring (bicyclic) bond motifs is 3. The van der Waals surface area contributed by atoms with Gasteiger partial charge in [0.05, 0.1) is 5.92 Å². The molecule has 4 rings (SSSR count). The Bertz CT molecular complexity index is 727. The molecule has 2 heterocycles. The Hall–Kier alpha value is -1.58. The SMILES string of the molecule is CSC1=C(c2ccccc2)OC2Oc3ccc(Cl)cc3C12. The first-order valence-electron chi connectivity index (χ1n) is 6.74. The first kappa shape index (κ1) is 13.1. The summed E-state index contributed by atoms with van der Waals surface area (Å²) in [4.78, 5) is 1.20. The van der Waals surface area contributed by atoms with Crippen LogP contribution in [0.4, 0.5) is 0 Å². The predicted molar refractivity (Wildman–Crippen MR) is 86.6 cm³/mol. The van der Waals surface area contributed by atoms with Gasteiger partial charge in [-0.25, -0.2) is 0 Å². The van der Waals surface area contributed by atoms with Crippen molar-refractivity contribution in [2.45, 2.75) is 12.2 Å². The van der Waals surface area contributed by atoms with E-state index in [4.69, 9.17) is 21.1 Å². The number of thioether (sulfide) groups is 1. The van der Waals surface area contributed by atoms with Gasteiger partial charge in [-0.3, -0.25) is 0 Å². The summed E-state index contributed by atoms with van der Waals surface area (Å²) in [5.74, 6) is 1.90. The van der Waals surface area contributed by atoms with E-state index < -0.39 is 0 Å². The fraction of sp³-hybridized carbons (Fsp3) is 0.176. The van der Waals surface area contributed by atoms with Crippen LogP contribution in [0.5, 0.6) is 5.75 Å². The molecular weight excluding hydrogens is 304 g/mol. The van der Waals surface area contributed by atoms with Crippen molar-refractivity contribution in [2.75, 3.05) is 6.26 Å². The fourth-order valence-electron chi connectivity index (χ4n) is 2.90. The van der Waals surface area contributed by atoms with Crippen LogP contribution in [0.25, 0.3) is 5.76 Å². The monoisotopic (exact) mass is 316 g/mol. The van der Waals surface area contributed by atoms with Crippen molar-refractivity contribution in [3.05, 3.63) is 69.6 Å². The largest absolute Gasteiger partial charge is 0.454 e.